The molecule has 2 heterocycles. The molecule has 8 nitrogen and oxygen atoms in total. The minimum atomic E-state index is -1.15. The van der Waals surface area contributed by atoms with E-state index in [0.717, 1.165) is 19.3 Å². The van der Waals surface area contributed by atoms with Crippen LogP contribution < -0.4 is 0 Å². The van der Waals surface area contributed by atoms with Gasteiger partial charge in [-0.3, -0.25) is 9.59 Å². The first-order valence-electron chi connectivity index (χ1n) is 13.7. The van der Waals surface area contributed by atoms with Crippen LogP contribution in [0.3, 0.4) is 0 Å². The lowest BCUT2D eigenvalue weighted by Crippen LogP contribution is -2.21. The molecule has 8 heteroatoms. The number of benzene rings is 2. The summed E-state index contributed by atoms with van der Waals surface area (Å²) in [7, 11) is 0. The highest BCUT2D eigenvalue weighted by molar-refractivity contribution is 6.22. The summed E-state index contributed by atoms with van der Waals surface area (Å²) in [5.74, 6) is 0.0497. The van der Waals surface area contributed by atoms with Gasteiger partial charge in [-0.1, -0.05) is 82.1 Å². The highest BCUT2D eigenvalue weighted by Crippen LogP contribution is 2.29. The van der Waals surface area contributed by atoms with E-state index < -0.39 is 47.8 Å². The summed E-state index contributed by atoms with van der Waals surface area (Å²) in [5, 5.41) is 0. The molecule has 40 heavy (non-hydrogen) atoms. The van der Waals surface area contributed by atoms with Gasteiger partial charge in [0.25, 0.3) is 0 Å². The third-order valence-corrected chi connectivity index (χ3v) is 7.05. The van der Waals surface area contributed by atoms with E-state index in [1.165, 1.54) is 68.5 Å². The minimum Gasteiger partial charge on any atom is -0.386 e. The lowest BCUT2D eigenvalue weighted by molar-refractivity contribution is 0.0425. The van der Waals surface area contributed by atoms with Gasteiger partial charge >= 0.3 is 23.9 Å². The lowest BCUT2D eigenvalue weighted by atomic mass is 9.87. The molecule has 2 aliphatic heterocycles. The highest BCUT2D eigenvalue weighted by atomic mass is 16.6. The van der Waals surface area contributed by atoms with Gasteiger partial charge in [-0.25, -0.2) is 19.2 Å². The maximum absolute atomic E-state index is 13.6. The molecule has 1 atom stereocenters. The second kappa shape index (κ2) is 13.1. The first kappa shape index (κ1) is 28.6. The van der Waals surface area contributed by atoms with Crippen LogP contribution in [0, 0.1) is 17.8 Å². The molecule has 0 N–H and O–H groups in total. The average Bonchev–Trinajstić information content (AvgIpc) is 3.41. The van der Waals surface area contributed by atoms with Crippen LogP contribution in [0.25, 0.3) is 0 Å². The van der Waals surface area contributed by atoms with Crippen molar-refractivity contribution in [2.24, 2.45) is 5.92 Å². The summed E-state index contributed by atoms with van der Waals surface area (Å²) >= 11 is 0. The van der Waals surface area contributed by atoms with E-state index in [1.54, 1.807) is 0 Å². The fourth-order valence-corrected chi connectivity index (χ4v) is 4.94. The van der Waals surface area contributed by atoms with Gasteiger partial charge in [0.05, 0.1) is 28.2 Å². The standard InChI is InChI=1S/C32H30O8/c1-2-3-4-5-6-7-8-9-10-11-14-20(28(34)22-16-13-18-24-27(22)32(38)40-30(24)36)19-25(33)21-15-12-17-23-26(21)31(37)39-29(23)35/h12-13,15-18,20H,2-10,19H2,1H3. The summed E-state index contributed by atoms with van der Waals surface area (Å²) < 4.78 is 9.32. The average molecular weight is 543 g/mol. The van der Waals surface area contributed by atoms with Crippen LogP contribution in [0.1, 0.15) is 133 Å². The summed E-state index contributed by atoms with van der Waals surface area (Å²) in [6.45, 7) is 2.18. The molecule has 206 valence electrons. The monoisotopic (exact) mass is 542 g/mol. The summed E-state index contributed by atoms with van der Waals surface area (Å²) in [5.41, 5.74) is -0.402. The van der Waals surface area contributed by atoms with Gasteiger partial charge in [0.15, 0.2) is 11.6 Å². The number of carbonyl (C=O) groups is 6. The van der Waals surface area contributed by atoms with Crippen LogP contribution in [0.5, 0.6) is 0 Å². The Balaban J connectivity index is 1.53. The van der Waals surface area contributed by atoms with Crippen molar-refractivity contribution >= 4 is 35.4 Å². The molecule has 0 bridgehead atoms. The Bertz CT molecular complexity index is 1440. The van der Waals surface area contributed by atoms with E-state index >= 15 is 0 Å². The van der Waals surface area contributed by atoms with Crippen LogP contribution in [0.15, 0.2) is 36.4 Å². The van der Waals surface area contributed by atoms with E-state index in [1.807, 2.05) is 0 Å². The third-order valence-electron chi connectivity index (χ3n) is 7.05. The number of hydrogen-bond donors (Lipinski definition) is 0. The Morgan fingerprint density at radius 2 is 1.23 bits per heavy atom. The number of rotatable bonds is 13. The van der Waals surface area contributed by atoms with E-state index in [-0.39, 0.29) is 33.4 Å². The van der Waals surface area contributed by atoms with Crippen LogP contribution in [0.4, 0.5) is 0 Å². The molecule has 2 aromatic carbocycles. The first-order valence-corrected chi connectivity index (χ1v) is 13.7. The van der Waals surface area contributed by atoms with Crippen molar-refractivity contribution in [3.63, 3.8) is 0 Å². The number of hydrogen-bond acceptors (Lipinski definition) is 8. The molecule has 0 fully saturated rings. The molecule has 4 rings (SSSR count). The molecule has 0 aromatic heterocycles. The number of fused-ring (bicyclic) bond motifs is 2. The number of esters is 4. The van der Waals surface area contributed by atoms with Crippen molar-refractivity contribution in [1.29, 1.82) is 0 Å². The molecule has 0 spiro atoms. The minimum absolute atomic E-state index is 0.0124. The number of Topliss-reactive ketones (excluding diaryl/α,β-unsaturated/α-hetero) is 2. The predicted molar refractivity (Wildman–Crippen MR) is 144 cm³/mol. The SMILES string of the molecule is CCCCCCCCCCC#CC(CC(=O)c1cccc2c1C(=O)OC2=O)C(=O)c1cccc2c1C(=O)OC2=O. The highest BCUT2D eigenvalue weighted by Gasteiger charge is 2.37. The molecule has 0 saturated heterocycles. The largest absolute Gasteiger partial charge is 0.386 e. The van der Waals surface area contributed by atoms with Crippen LogP contribution in [0.2, 0.25) is 0 Å². The van der Waals surface area contributed by atoms with E-state index in [9.17, 15) is 28.8 Å². The summed E-state index contributed by atoms with van der Waals surface area (Å²) in [6.07, 6.45) is 9.17. The van der Waals surface area contributed by atoms with Crippen LogP contribution in [-0.2, 0) is 9.47 Å². The predicted octanol–water partition coefficient (Wildman–Crippen LogP) is 5.91. The fraction of sp³-hybridized carbons (Fsp3) is 0.375. The maximum Gasteiger partial charge on any atom is 0.347 e. The number of carbonyl (C=O) groups excluding carboxylic acids is 6. The van der Waals surface area contributed by atoms with Crippen molar-refractivity contribution < 1.29 is 38.2 Å². The number of ketones is 2. The van der Waals surface area contributed by atoms with Gasteiger partial charge in [-0.05, 0) is 18.6 Å². The second-order valence-electron chi connectivity index (χ2n) is 9.90. The van der Waals surface area contributed by atoms with Crippen molar-refractivity contribution in [2.45, 2.75) is 71.1 Å². The zero-order valence-electron chi connectivity index (χ0n) is 22.4. The van der Waals surface area contributed by atoms with Gasteiger partial charge in [0.2, 0.25) is 0 Å². The molecule has 0 amide bonds. The summed E-state index contributed by atoms with van der Waals surface area (Å²) in [6, 6.07) is 8.50. The Morgan fingerprint density at radius 1 is 0.700 bits per heavy atom. The van der Waals surface area contributed by atoms with Crippen LogP contribution in [-0.4, -0.2) is 35.4 Å². The Kier molecular flexibility index (Phi) is 9.39. The van der Waals surface area contributed by atoms with Crippen molar-refractivity contribution in [3.8, 4) is 11.8 Å². The quantitative estimate of drug-likeness (QED) is 0.101. The van der Waals surface area contributed by atoms with Gasteiger partial charge in [-0.2, -0.15) is 0 Å². The number of ether oxygens (including phenoxy) is 2. The van der Waals surface area contributed by atoms with Gasteiger partial charge in [0.1, 0.15) is 0 Å². The molecule has 0 aliphatic carbocycles. The van der Waals surface area contributed by atoms with E-state index in [4.69, 9.17) is 0 Å². The molecule has 1 unspecified atom stereocenters. The molecule has 0 saturated carbocycles. The molecule has 2 aromatic rings. The zero-order valence-corrected chi connectivity index (χ0v) is 22.4. The Hall–Kier alpha value is -4.38. The van der Waals surface area contributed by atoms with E-state index in [2.05, 4.69) is 28.2 Å². The van der Waals surface area contributed by atoms with Gasteiger partial charge in [-0.15, -0.1) is 5.92 Å². The topological polar surface area (TPSA) is 121 Å². The fourth-order valence-electron chi connectivity index (χ4n) is 4.94. The normalized spacial score (nSPS) is 14.1. The second-order valence-corrected chi connectivity index (χ2v) is 9.90. The maximum atomic E-state index is 13.6. The first-order chi connectivity index (χ1) is 19.3. The molecule has 2 aliphatic rings. The lowest BCUT2D eigenvalue weighted by Gasteiger charge is -2.12. The van der Waals surface area contributed by atoms with Gasteiger partial charge in [0, 0.05) is 24.0 Å². The number of unbranched alkanes of at least 4 members (excludes halogenated alkanes) is 8. The molecular weight excluding hydrogens is 512 g/mol. The molecule has 0 radical (unpaired) electrons. The number of cyclic esters (lactones) is 4. The Labute approximate surface area is 232 Å². The van der Waals surface area contributed by atoms with Crippen molar-refractivity contribution in [1.82, 2.24) is 0 Å². The Morgan fingerprint density at radius 3 is 1.82 bits per heavy atom. The van der Waals surface area contributed by atoms with Gasteiger partial charge < -0.3 is 9.47 Å². The third kappa shape index (κ3) is 6.26. The van der Waals surface area contributed by atoms with Crippen molar-refractivity contribution in [3.05, 3.63) is 69.8 Å². The van der Waals surface area contributed by atoms with E-state index in [0.29, 0.717) is 6.42 Å². The van der Waals surface area contributed by atoms with Crippen molar-refractivity contribution in [2.75, 3.05) is 0 Å². The van der Waals surface area contributed by atoms with Crippen LogP contribution >= 0.6 is 0 Å². The smallest absolute Gasteiger partial charge is 0.347 e. The zero-order chi connectivity index (χ0) is 28.6. The molecular formula is C32H30O8. The summed E-state index contributed by atoms with van der Waals surface area (Å²) in [4.78, 5) is 75.5.